The molecule has 1 radical (unpaired) electrons. The molecule has 5 heteroatoms. The van der Waals surface area contributed by atoms with Gasteiger partial charge in [0.25, 0.3) is 0 Å². The Kier molecular flexibility index (Phi) is 6.27. The predicted octanol–water partition coefficient (Wildman–Crippen LogP) is 1.31. The van der Waals surface area contributed by atoms with Crippen molar-refractivity contribution in [2.45, 2.75) is 31.6 Å². The van der Waals surface area contributed by atoms with Crippen molar-refractivity contribution < 1.29 is 64.3 Å². The smallest absolute Gasteiger partial charge is 0.449 e. The van der Waals surface area contributed by atoms with Crippen molar-refractivity contribution in [3.05, 3.63) is 41.7 Å². The standard InChI is InChI=1S/C12H14BF3.K/c14-13(15,16)12-9-5-4-8-11(12)10-6-2-1-3-7-10;/h1-3,6-7,11H,4-5,8-9H2;/q-1;+1. The largest absolute Gasteiger partial charge is 1.00 e. The second-order valence-corrected chi connectivity index (χ2v) is 4.36. The summed E-state index contributed by atoms with van der Waals surface area (Å²) in [6.45, 7) is -4.79. The third kappa shape index (κ3) is 4.10. The van der Waals surface area contributed by atoms with Crippen LogP contribution in [0.3, 0.4) is 0 Å². The summed E-state index contributed by atoms with van der Waals surface area (Å²) in [5.74, 6) is -0.576. The molecule has 17 heavy (non-hydrogen) atoms. The maximum atomic E-state index is 12.9. The summed E-state index contributed by atoms with van der Waals surface area (Å²) < 4.78 is 38.7. The van der Waals surface area contributed by atoms with E-state index >= 15 is 0 Å². The molecule has 0 nitrogen and oxygen atoms in total. The van der Waals surface area contributed by atoms with E-state index in [-0.39, 0.29) is 63.6 Å². The SMILES string of the molecule is F[B-](F)(F)[C]1CCCCC1c1ccccc1.[K+]. The molecule has 1 unspecified atom stereocenters. The molecule has 1 atom stereocenters. The molecule has 1 aromatic rings. The van der Waals surface area contributed by atoms with Gasteiger partial charge in [-0.3, -0.25) is 0 Å². The van der Waals surface area contributed by atoms with Gasteiger partial charge in [-0.1, -0.05) is 55.4 Å². The zero-order valence-electron chi connectivity index (χ0n) is 10.0. The van der Waals surface area contributed by atoms with Crippen molar-refractivity contribution in [1.82, 2.24) is 0 Å². The van der Waals surface area contributed by atoms with Gasteiger partial charge in [0.05, 0.1) is 0 Å². The van der Waals surface area contributed by atoms with E-state index in [0.29, 0.717) is 12.8 Å². The fraction of sp³-hybridized carbons (Fsp3) is 0.417. The van der Waals surface area contributed by atoms with Gasteiger partial charge in [0.15, 0.2) is 0 Å². The summed E-state index contributed by atoms with van der Waals surface area (Å²) in [5.41, 5.74) is 0.816. The van der Waals surface area contributed by atoms with Crippen LogP contribution < -0.4 is 51.4 Å². The first-order chi connectivity index (χ1) is 7.59. The predicted molar refractivity (Wildman–Crippen MR) is 60.0 cm³/mol. The van der Waals surface area contributed by atoms with Gasteiger partial charge in [0, 0.05) is 0 Å². The molecule has 0 aromatic heterocycles. The summed E-state index contributed by atoms with van der Waals surface area (Å²) >= 11 is 0. The molecule has 0 aliphatic heterocycles. The van der Waals surface area contributed by atoms with Gasteiger partial charge in [-0.05, 0) is 17.9 Å². The van der Waals surface area contributed by atoms with E-state index < -0.39 is 12.9 Å². The first-order valence-electron chi connectivity index (χ1n) is 5.69. The van der Waals surface area contributed by atoms with E-state index in [1.807, 2.05) is 18.2 Å². The minimum Gasteiger partial charge on any atom is -0.449 e. The van der Waals surface area contributed by atoms with Gasteiger partial charge in [-0.2, -0.15) is 0 Å². The van der Waals surface area contributed by atoms with Crippen molar-refractivity contribution in [1.29, 1.82) is 0 Å². The normalized spacial score (nSPS) is 21.9. The van der Waals surface area contributed by atoms with E-state index in [2.05, 4.69) is 0 Å². The number of hydrogen-bond acceptors (Lipinski definition) is 0. The average molecular weight is 265 g/mol. The summed E-state index contributed by atoms with van der Waals surface area (Å²) in [7, 11) is 0. The zero-order valence-corrected chi connectivity index (χ0v) is 13.1. The molecule has 87 valence electrons. The van der Waals surface area contributed by atoms with Crippen molar-refractivity contribution in [2.75, 3.05) is 0 Å². The molecule has 0 spiro atoms. The van der Waals surface area contributed by atoms with Crippen LogP contribution in [0.4, 0.5) is 12.9 Å². The van der Waals surface area contributed by atoms with Crippen molar-refractivity contribution in [2.24, 2.45) is 0 Å². The molecule has 0 N–H and O–H groups in total. The molecular formula is C12H14BF3K. The monoisotopic (exact) mass is 265 g/mol. The van der Waals surface area contributed by atoms with Gasteiger partial charge in [0.1, 0.15) is 0 Å². The summed E-state index contributed by atoms with van der Waals surface area (Å²) in [6, 6.07) is 9.07. The van der Waals surface area contributed by atoms with Crippen LogP contribution in [0.2, 0.25) is 0 Å². The maximum absolute atomic E-state index is 12.9. The number of hydrogen-bond donors (Lipinski definition) is 0. The number of benzene rings is 1. The summed E-state index contributed by atoms with van der Waals surface area (Å²) in [6.07, 6.45) is 2.44. The van der Waals surface area contributed by atoms with Crippen LogP contribution in [-0.4, -0.2) is 6.98 Å². The molecular weight excluding hydrogens is 251 g/mol. The van der Waals surface area contributed by atoms with Crippen LogP contribution >= 0.6 is 0 Å². The van der Waals surface area contributed by atoms with Crippen molar-refractivity contribution in [3.8, 4) is 0 Å². The van der Waals surface area contributed by atoms with Crippen LogP contribution in [-0.2, 0) is 0 Å². The fourth-order valence-corrected chi connectivity index (χ4v) is 2.50. The van der Waals surface area contributed by atoms with Gasteiger partial charge < -0.3 is 12.9 Å². The van der Waals surface area contributed by atoms with Gasteiger partial charge in [-0.15, -0.1) is 0 Å². The molecule has 0 bridgehead atoms. The Morgan fingerprint density at radius 1 is 1.00 bits per heavy atom. The summed E-state index contributed by atoms with van der Waals surface area (Å²) in [4.78, 5) is 0. The first kappa shape index (κ1) is 15.8. The Labute approximate surface area is 143 Å². The molecule has 1 fully saturated rings. The van der Waals surface area contributed by atoms with Crippen molar-refractivity contribution in [3.63, 3.8) is 0 Å². The van der Waals surface area contributed by atoms with Gasteiger partial charge in [0.2, 0.25) is 0 Å². The van der Waals surface area contributed by atoms with Crippen LogP contribution in [0.15, 0.2) is 30.3 Å². The number of halogens is 3. The van der Waals surface area contributed by atoms with Crippen LogP contribution in [0, 0.1) is 5.82 Å². The second kappa shape index (κ2) is 6.76. The molecule has 1 aliphatic rings. The Balaban J connectivity index is 0.00000144. The molecule has 2 rings (SSSR count). The van der Waals surface area contributed by atoms with E-state index in [1.165, 1.54) is 0 Å². The topological polar surface area (TPSA) is 0 Å². The molecule has 0 saturated heterocycles. The van der Waals surface area contributed by atoms with Crippen molar-refractivity contribution >= 4 is 6.98 Å². The quantitative estimate of drug-likeness (QED) is 0.707. The Hall–Kier alpha value is 0.711. The Morgan fingerprint density at radius 3 is 2.24 bits per heavy atom. The Bertz CT molecular complexity index is 339. The third-order valence-corrected chi connectivity index (χ3v) is 3.28. The van der Waals surface area contributed by atoms with Gasteiger partial charge in [-0.25, -0.2) is 0 Å². The van der Waals surface area contributed by atoms with Crippen LogP contribution in [0.25, 0.3) is 0 Å². The third-order valence-electron chi connectivity index (χ3n) is 3.28. The van der Waals surface area contributed by atoms with E-state index in [4.69, 9.17) is 0 Å². The molecule has 1 aliphatic carbocycles. The minimum absolute atomic E-state index is 0. The Morgan fingerprint density at radius 2 is 1.65 bits per heavy atom. The molecule has 0 amide bonds. The number of rotatable bonds is 2. The molecule has 0 heterocycles. The summed E-state index contributed by atoms with van der Waals surface area (Å²) in [5, 5.41) is 0. The van der Waals surface area contributed by atoms with E-state index in [0.717, 1.165) is 12.0 Å². The average Bonchev–Trinajstić information content (AvgIpc) is 2.29. The minimum atomic E-state index is -4.79. The second-order valence-electron chi connectivity index (χ2n) is 4.36. The van der Waals surface area contributed by atoms with Crippen LogP contribution in [0.1, 0.15) is 37.2 Å². The van der Waals surface area contributed by atoms with Gasteiger partial charge >= 0.3 is 58.4 Å². The molecule has 1 aromatic carbocycles. The van der Waals surface area contributed by atoms with E-state index in [9.17, 15) is 12.9 Å². The fourth-order valence-electron chi connectivity index (χ4n) is 2.50. The maximum Gasteiger partial charge on any atom is 1.00 e. The van der Waals surface area contributed by atoms with Crippen LogP contribution in [0.5, 0.6) is 0 Å². The van der Waals surface area contributed by atoms with E-state index in [1.54, 1.807) is 12.1 Å². The first-order valence-corrected chi connectivity index (χ1v) is 5.69. The molecule has 1 saturated carbocycles. The zero-order chi connectivity index (χ0) is 11.6.